The molecule has 0 aliphatic carbocycles. The third-order valence-corrected chi connectivity index (χ3v) is 4.10. The van der Waals surface area contributed by atoms with Crippen LogP contribution in [0.15, 0.2) is 17.1 Å². The third kappa shape index (κ3) is 8.96. The molecule has 1 heterocycles. The Morgan fingerprint density at radius 2 is 2.14 bits per heavy atom. The molecule has 0 saturated heterocycles. The van der Waals surface area contributed by atoms with Crippen molar-refractivity contribution >= 4 is 28.9 Å². The van der Waals surface area contributed by atoms with Crippen molar-refractivity contribution in [2.45, 2.75) is 33.1 Å². The Bertz CT molecular complexity index is 409. The molecule has 0 radical (unpaired) electrons. The van der Waals surface area contributed by atoms with Gasteiger partial charge in [0.15, 0.2) is 5.96 Å². The number of guanidine groups is 1. The van der Waals surface area contributed by atoms with Gasteiger partial charge in [-0.2, -0.15) is 0 Å². The van der Waals surface area contributed by atoms with Crippen molar-refractivity contribution < 1.29 is 4.74 Å². The van der Waals surface area contributed by atoms with E-state index >= 15 is 0 Å². The summed E-state index contributed by atoms with van der Waals surface area (Å²) in [4.78, 5) is 5.86. The predicted molar refractivity (Wildman–Crippen MR) is 92.7 cm³/mol. The molecule has 1 aromatic rings. The van der Waals surface area contributed by atoms with E-state index in [9.17, 15) is 0 Å². The molecule has 1 rings (SSSR count). The molecule has 6 heteroatoms. The van der Waals surface area contributed by atoms with Crippen molar-refractivity contribution in [2.75, 3.05) is 32.8 Å². The highest BCUT2D eigenvalue weighted by atomic mass is 35.5. The van der Waals surface area contributed by atoms with E-state index in [1.54, 1.807) is 11.3 Å². The van der Waals surface area contributed by atoms with Gasteiger partial charge >= 0.3 is 0 Å². The standard InChI is InChI=1S/C15H26ClN3OS/c1-3-17-15(18-10-5-6-12-20-4-2)19-11-9-13-7-8-14(16)21-13/h7-8H,3-6,9-12H2,1-2H3,(H2,17,18,19). The number of thiophene rings is 1. The Morgan fingerprint density at radius 3 is 2.81 bits per heavy atom. The number of aliphatic imine (C=N–C) groups is 1. The van der Waals surface area contributed by atoms with E-state index in [1.165, 1.54) is 4.88 Å². The lowest BCUT2D eigenvalue weighted by Crippen LogP contribution is -2.38. The SMILES string of the molecule is CCNC(=NCCCCOCC)NCCc1ccc(Cl)s1. The average molecular weight is 332 g/mol. The minimum absolute atomic E-state index is 0.792. The lowest BCUT2D eigenvalue weighted by molar-refractivity contribution is 0.144. The van der Waals surface area contributed by atoms with Crippen LogP contribution in [0, 0.1) is 0 Å². The first-order valence-electron chi connectivity index (χ1n) is 7.60. The predicted octanol–water partition coefficient (Wildman–Crippen LogP) is 3.32. The molecule has 0 aromatic carbocycles. The maximum Gasteiger partial charge on any atom is 0.191 e. The molecule has 1 aromatic heterocycles. The van der Waals surface area contributed by atoms with Crippen molar-refractivity contribution in [1.82, 2.24) is 10.6 Å². The highest BCUT2D eigenvalue weighted by Gasteiger charge is 2.00. The number of ether oxygens (including phenoxy) is 1. The minimum atomic E-state index is 0.792. The van der Waals surface area contributed by atoms with Gasteiger partial charge in [0.1, 0.15) is 0 Å². The molecule has 0 bridgehead atoms. The molecule has 0 fully saturated rings. The molecule has 21 heavy (non-hydrogen) atoms. The number of nitrogens with one attached hydrogen (secondary N) is 2. The molecule has 4 nitrogen and oxygen atoms in total. The highest BCUT2D eigenvalue weighted by molar-refractivity contribution is 7.16. The van der Waals surface area contributed by atoms with Crippen LogP contribution in [0.1, 0.15) is 31.6 Å². The van der Waals surface area contributed by atoms with E-state index in [0.29, 0.717) is 0 Å². The summed E-state index contributed by atoms with van der Waals surface area (Å²) < 4.78 is 6.16. The molecule has 120 valence electrons. The van der Waals surface area contributed by atoms with Crippen LogP contribution in [0.2, 0.25) is 4.34 Å². The van der Waals surface area contributed by atoms with Gasteiger partial charge < -0.3 is 15.4 Å². The Kier molecular flexibility index (Phi) is 10.3. The van der Waals surface area contributed by atoms with Gasteiger partial charge in [0.05, 0.1) is 4.34 Å². The van der Waals surface area contributed by atoms with Gasteiger partial charge in [0, 0.05) is 37.7 Å². The van der Waals surface area contributed by atoms with Gasteiger partial charge in [-0.15, -0.1) is 11.3 Å². The van der Waals surface area contributed by atoms with Crippen LogP contribution in [0.4, 0.5) is 0 Å². The molecule has 0 saturated carbocycles. The normalized spacial score (nSPS) is 11.7. The van der Waals surface area contributed by atoms with Crippen LogP contribution in [0.5, 0.6) is 0 Å². The fourth-order valence-electron chi connectivity index (χ4n) is 1.78. The number of halogens is 1. The van der Waals surface area contributed by atoms with E-state index in [1.807, 2.05) is 13.0 Å². The van der Waals surface area contributed by atoms with Gasteiger partial charge in [-0.25, -0.2) is 0 Å². The summed E-state index contributed by atoms with van der Waals surface area (Å²) in [7, 11) is 0. The first-order valence-corrected chi connectivity index (χ1v) is 8.79. The minimum Gasteiger partial charge on any atom is -0.382 e. The first-order chi connectivity index (χ1) is 10.3. The van der Waals surface area contributed by atoms with Crippen LogP contribution in [-0.4, -0.2) is 38.8 Å². The number of unbranched alkanes of at least 4 members (excludes halogenated alkanes) is 1. The van der Waals surface area contributed by atoms with E-state index in [-0.39, 0.29) is 0 Å². The summed E-state index contributed by atoms with van der Waals surface area (Å²) >= 11 is 7.56. The smallest absolute Gasteiger partial charge is 0.191 e. The summed E-state index contributed by atoms with van der Waals surface area (Å²) in [5, 5.41) is 6.61. The molecule has 0 amide bonds. The average Bonchev–Trinajstić information content (AvgIpc) is 2.88. The summed E-state index contributed by atoms with van der Waals surface area (Å²) in [5.74, 6) is 0.886. The lowest BCUT2D eigenvalue weighted by atomic mass is 10.3. The van der Waals surface area contributed by atoms with Crippen LogP contribution in [-0.2, 0) is 11.2 Å². The van der Waals surface area contributed by atoms with Crippen LogP contribution >= 0.6 is 22.9 Å². The van der Waals surface area contributed by atoms with Crippen LogP contribution in [0.25, 0.3) is 0 Å². The van der Waals surface area contributed by atoms with E-state index < -0.39 is 0 Å². The number of nitrogens with zero attached hydrogens (tertiary/aromatic N) is 1. The first kappa shape index (κ1) is 18.3. The van der Waals surface area contributed by atoms with Crippen molar-refractivity contribution in [3.8, 4) is 0 Å². The zero-order chi connectivity index (χ0) is 15.3. The Hall–Kier alpha value is -0.780. The second kappa shape index (κ2) is 11.8. The number of hydrogen-bond acceptors (Lipinski definition) is 3. The molecule has 0 unspecified atom stereocenters. The summed E-state index contributed by atoms with van der Waals surface area (Å²) in [6, 6.07) is 4.02. The molecule has 2 N–H and O–H groups in total. The fourth-order valence-corrected chi connectivity index (χ4v) is 2.87. The zero-order valence-electron chi connectivity index (χ0n) is 13.0. The second-order valence-corrected chi connectivity index (χ2v) is 6.35. The van der Waals surface area contributed by atoms with Crippen molar-refractivity contribution in [1.29, 1.82) is 0 Å². The topological polar surface area (TPSA) is 45.7 Å². The second-order valence-electron chi connectivity index (χ2n) is 4.55. The fraction of sp³-hybridized carbons (Fsp3) is 0.667. The van der Waals surface area contributed by atoms with Gasteiger partial charge in [0.25, 0.3) is 0 Å². The monoisotopic (exact) mass is 331 g/mol. The quantitative estimate of drug-likeness (QED) is 0.393. The third-order valence-electron chi connectivity index (χ3n) is 2.81. The van der Waals surface area contributed by atoms with Crippen LogP contribution < -0.4 is 10.6 Å². The highest BCUT2D eigenvalue weighted by Crippen LogP contribution is 2.21. The van der Waals surface area contributed by atoms with E-state index in [4.69, 9.17) is 16.3 Å². The number of hydrogen-bond donors (Lipinski definition) is 2. The molecular formula is C15H26ClN3OS. The maximum absolute atomic E-state index is 5.92. The van der Waals surface area contributed by atoms with E-state index in [0.717, 1.165) is 62.4 Å². The Balaban J connectivity index is 2.21. The molecule has 0 aliphatic rings. The summed E-state index contributed by atoms with van der Waals surface area (Å²) in [5.41, 5.74) is 0. The molecule has 0 aliphatic heterocycles. The maximum atomic E-state index is 5.92. The van der Waals surface area contributed by atoms with E-state index in [2.05, 4.69) is 28.6 Å². The molecule has 0 atom stereocenters. The molecular weight excluding hydrogens is 306 g/mol. The van der Waals surface area contributed by atoms with Gasteiger partial charge in [-0.1, -0.05) is 11.6 Å². The van der Waals surface area contributed by atoms with Gasteiger partial charge in [0.2, 0.25) is 0 Å². The summed E-state index contributed by atoms with van der Waals surface area (Å²) in [6.45, 7) is 8.28. The Labute approximate surface area is 136 Å². The largest absolute Gasteiger partial charge is 0.382 e. The van der Waals surface area contributed by atoms with Crippen LogP contribution in [0.3, 0.4) is 0 Å². The van der Waals surface area contributed by atoms with Gasteiger partial charge in [-0.3, -0.25) is 4.99 Å². The number of rotatable bonds is 10. The van der Waals surface area contributed by atoms with Crippen molar-refractivity contribution in [3.63, 3.8) is 0 Å². The van der Waals surface area contributed by atoms with Crippen molar-refractivity contribution in [2.24, 2.45) is 4.99 Å². The van der Waals surface area contributed by atoms with Gasteiger partial charge in [-0.05, 0) is 45.2 Å². The summed E-state index contributed by atoms with van der Waals surface area (Å²) in [6.07, 6.45) is 3.08. The van der Waals surface area contributed by atoms with Crippen molar-refractivity contribution in [3.05, 3.63) is 21.3 Å². The lowest BCUT2D eigenvalue weighted by Gasteiger charge is -2.10. The molecule has 0 spiro atoms. The zero-order valence-corrected chi connectivity index (χ0v) is 14.5. The Morgan fingerprint density at radius 1 is 1.29 bits per heavy atom.